The number of amides is 1. The van der Waals surface area contributed by atoms with Crippen LogP contribution in [-0.2, 0) is 13.0 Å². The van der Waals surface area contributed by atoms with Crippen molar-refractivity contribution < 1.29 is 9.53 Å². The molecule has 7 heteroatoms. The zero-order chi connectivity index (χ0) is 22.1. The standard InChI is InChI=1S/C25H34N4O2.HI/c1-26-25(27-16-15-19-9-8-11-20(17-19)24(30)29(2)3)28-18-21-10-4-7-14-23(21)31-22-12-5-6-13-22;/h4,7-11,14,17,22H,5-6,12-13,15-16,18H2,1-3H3,(H2,26,27,28);1H. The average molecular weight is 550 g/mol. The molecule has 0 bridgehead atoms. The van der Waals surface area contributed by atoms with Crippen molar-refractivity contribution in [1.29, 1.82) is 0 Å². The van der Waals surface area contributed by atoms with Crippen LogP contribution in [0.1, 0.15) is 47.2 Å². The van der Waals surface area contributed by atoms with Gasteiger partial charge in [0.25, 0.3) is 5.91 Å². The van der Waals surface area contributed by atoms with E-state index in [4.69, 9.17) is 4.74 Å². The zero-order valence-electron chi connectivity index (χ0n) is 19.3. The number of rotatable bonds is 8. The molecule has 0 spiro atoms. The molecule has 2 aromatic rings. The Morgan fingerprint density at radius 2 is 1.84 bits per heavy atom. The molecule has 0 aliphatic heterocycles. The molecular formula is C25H35IN4O2. The van der Waals surface area contributed by atoms with Gasteiger partial charge in [0.1, 0.15) is 5.75 Å². The number of aliphatic imine (C=N–C) groups is 1. The second-order valence-electron chi connectivity index (χ2n) is 8.13. The lowest BCUT2D eigenvalue weighted by Gasteiger charge is -2.18. The summed E-state index contributed by atoms with van der Waals surface area (Å²) < 4.78 is 6.23. The molecule has 1 aliphatic rings. The molecule has 3 rings (SSSR count). The van der Waals surface area contributed by atoms with Gasteiger partial charge in [0.2, 0.25) is 0 Å². The van der Waals surface area contributed by atoms with Crippen molar-refractivity contribution >= 4 is 35.8 Å². The Hall–Kier alpha value is -2.29. The molecule has 174 valence electrons. The number of halogens is 1. The number of benzene rings is 2. The number of hydrogen-bond acceptors (Lipinski definition) is 3. The van der Waals surface area contributed by atoms with E-state index >= 15 is 0 Å². The third-order valence-corrected chi connectivity index (χ3v) is 5.52. The molecule has 0 saturated heterocycles. The number of hydrogen-bond donors (Lipinski definition) is 2. The largest absolute Gasteiger partial charge is 0.490 e. The Kier molecular flexibility index (Phi) is 10.8. The topological polar surface area (TPSA) is 66.0 Å². The Morgan fingerprint density at radius 3 is 2.56 bits per heavy atom. The predicted molar refractivity (Wildman–Crippen MR) is 141 cm³/mol. The third kappa shape index (κ3) is 7.69. The molecule has 0 heterocycles. The molecule has 0 unspecified atom stereocenters. The summed E-state index contributed by atoms with van der Waals surface area (Å²) in [7, 11) is 5.30. The van der Waals surface area contributed by atoms with Gasteiger partial charge in [-0.2, -0.15) is 0 Å². The van der Waals surface area contributed by atoms with Crippen LogP contribution < -0.4 is 15.4 Å². The van der Waals surface area contributed by atoms with Crippen LogP contribution in [0.3, 0.4) is 0 Å². The van der Waals surface area contributed by atoms with Crippen LogP contribution in [0.4, 0.5) is 0 Å². The van der Waals surface area contributed by atoms with Crippen LogP contribution in [0.25, 0.3) is 0 Å². The van der Waals surface area contributed by atoms with Crippen LogP contribution in [0.2, 0.25) is 0 Å². The van der Waals surface area contributed by atoms with Crippen molar-refractivity contribution in [3.8, 4) is 5.75 Å². The highest BCUT2D eigenvalue weighted by Crippen LogP contribution is 2.26. The molecule has 2 N–H and O–H groups in total. The fourth-order valence-electron chi connectivity index (χ4n) is 3.79. The van der Waals surface area contributed by atoms with E-state index in [2.05, 4.69) is 21.7 Å². The van der Waals surface area contributed by atoms with Gasteiger partial charge in [-0.15, -0.1) is 24.0 Å². The first kappa shape index (κ1) is 26.0. The second-order valence-corrected chi connectivity index (χ2v) is 8.13. The fraction of sp³-hybridized carbons (Fsp3) is 0.440. The van der Waals surface area contributed by atoms with E-state index in [1.807, 2.05) is 42.5 Å². The summed E-state index contributed by atoms with van der Waals surface area (Å²) in [4.78, 5) is 18.1. The maximum absolute atomic E-state index is 12.2. The molecule has 1 fully saturated rings. The molecule has 32 heavy (non-hydrogen) atoms. The highest BCUT2D eigenvalue weighted by atomic mass is 127. The molecule has 1 amide bonds. The van der Waals surface area contributed by atoms with Gasteiger partial charge in [0, 0.05) is 45.4 Å². The van der Waals surface area contributed by atoms with E-state index in [1.165, 1.54) is 12.8 Å². The van der Waals surface area contributed by atoms with Gasteiger partial charge in [-0.25, -0.2) is 0 Å². The Morgan fingerprint density at radius 1 is 1.09 bits per heavy atom. The van der Waals surface area contributed by atoms with Crippen LogP contribution in [0.15, 0.2) is 53.5 Å². The lowest BCUT2D eigenvalue weighted by atomic mass is 10.1. The second kappa shape index (κ2) is 13.3. The Balaban J connectivity index is 0.00000363. The van der Waals surface area contributed by atoms with Crippen molar-refractivity contribution in [3.63, 3.8) is 0 Å². The molecule has 2 aromatic carbocycles. The summed E-state index contributed by atoms with van der Waals surface area (Å²) in [6.45, 7) is 1.37. The summed E-state index contributed by atoms with van der Waals surface area (Å²) >= 11 is 0. The fourth-order valence-corrected chi connectivity index (χ4v) is 3.79. The van der Waals surface area contributed by atoms with Gasteiger partial charge >= 0.3 is 0 Å². The van der Waals surface area contributed by atoms with E-state index in [-0.39, 0.29) is 29.9 Å². The van der Waals surface area contributed by atoms with Crippen molar-refractivity contribution in [3.05, 3.63) is 65.2 Å². The number of carbonyl (C=O) groups is 1. The first-order valence-corrected chi connectivity index (χ1v) is 11.1. The average Bonchev–Trinajstić information content (AvgIpc) is 3.29. The monoisotopic (exact) mass is 550 g/mol. The molecular weight excluding hydrogens is 515 g/mol. The summed E-state index contributed by atoms with van der Waals surface area (Å²) in [5.74, 6) is 1.72. The van der Waals surface area contributed by atoms with Gasteiger partial charge in [0.05, 0.1) is 6.10 Å². The minimum atomic E-state index is 0. The number of nitrogens with zero attached hydrogens (tertiary/aromatic N) is 2. The maximum Gasteiger partial charge on any atom is 0.253 e. The summed E-state index contributed by atoms with van der Waals surface area (Å²) in [6.07, 6.45) is 5.95. The van der Waals surface area contributed by atoms with Gasteiger partial charge in [-0.1, -0.05) is 30.3 Å². The predicted octanol–water partition coefficient (Wildman–Crippen LogP) is 4.24. The number of nitrogens with one attached hydrogen (secondary N) is 2. The van der Waals surface area contributed by atoms with Gasteiger partial charge in [0.15, 0.2) is 5.96 Å². The van der Waals surface area contributed by atoms with Crippen molar-refractivity contribution in [2.75, 3.05) is 27.7 Å². The number of carbonyl (C=O) groups excluding carboxylic acids is 1. The van der Waals surface area contributed by atoms with E-state index < -0.39 is 0 Å². The lowest BCUT2D eigenvalue weighted by molar-refractivity contribution is 0.0827. The minimum absolute atomic E-state index is 0. The number of ether oxygens (including phenoxy) is 1. The Labute approximate surface area is 208 Å². The molecule has 1 aliphatic carbocycles. The Bertz CT molecular complexity index is 895. The molecule has 0 atom stereocenters. The minimum Gasteiger partial charge on any atom is -0.490 e. The van der Waals surface area contributed by atoms with Crippen LogP contribution in [0, 0.1) is 0 Å². The van der Waals surface area contributed by atoms with Gasteiger partial charge in [-0.05, 0) is 55.9 Å². The van der Waals surface area contributed by atoms with Gasteiger partial charge < -0.3 is 20.3 Å². The first-order valence-electron chi connectivity index (χ1n) is 11.1. The molecule has 1 saturated carbocycles. The van der Waals surface area contributed by atoms with Crippen LogP contribution in [-0.4, -0.2) is 50.6 Å². The summed E-state index contributed by atoms with van der Waals surface area (Å²) in [5, 5.41) is 6.73. The maximum atomic E-state index is 12.2. The highest BCUT2D eigenvalue weighted by Gasteiger charge is 2.17. The third-order valence-electron chi connectivity index (χ3n) is 5.52. The SMILES string of the molecule is CN=C(NCCc1cccc(C(=O)N(C)C)c1)NCc1ccccc1OC1CCCC1.I. The number of guanidine groups is 1. The zero-order valence-corrected chi connectivity index (χ0v) is 21.6. The van der Waals surface area contributed by atoms with Crippen LogP contribution >= 0.6 is 24.0 Å². The van der Waals surface area contributed by atoms with Crippen molar-refractivity contribution in [2.24, 2.45) is 4.99 Å². The first-order chi connectivity index (χ1) is 15.1. The van der Waals surface area contributed by atoms with Crippen LogP contribution in [0.5, 0.6) is 5.75 Å². The molecule has 6 nitrogen and oxygen atoms in total. The van der Waals surface area contributed by atoms with E-state index in [0.717, 1.165) is 48.6 Å². The normalized spacial score (nSPS) is 13.9. The quantitative estimate of drug-likeness (QED) is 0.293. The van der Waals surface area contributed by atoms with E-state index in [0.29, 0.717) is 18.2 Å². The lowest BCUT2D eigenvalue weighted by Crippen LogP contribution is -2.38. The smallest absolute Gasteiger partial charge is 0.253 e. The highest BCUT2D eigenvalue weighted by molar-refractivity contribution is 14.0. The van der Waals surface area contributed by atoms with Crippen molar-refractivity contribution in [1.82, 2.24) is 15.5 Å². The van der Waals surface area contributed by atoms with Gasteiger partial charge in [-0.3, -0.25) is 9.79 Å². The molecule has 0 radical (unpaired) electrons. The molecule has 0 aromatic heterocycles. The van der Waals surface area contributed by atoms with Crippen molar-refractivity contribution in [2.45, 2.75) is 44.8 Å². The number of para-hydroxylation sites is 1. The van der Waals surface area contributed by atoms with E-state index in [1.54, 1.807) is 26.0 Å². The summed E-state index contributed by atoms with van der Waals surface area (Å²) in [6, 6.07) is 16.0. The summed E-state index contributed by atoms with van der Waals surface area (Å²) in [5.41, 5.74) is 2.96. The van der Waals surface area contributed by atoms with E-state index in [9.17, 15) is 4.79 Å².